The second-order valence-electron chi connectivity index (χ2n) is 7.11. The molecule has 4 rings (SSSR count). The molecule has 0 fully saturated rings. The Morgan fingerprint density at radius 3 is 2.42 bits per heavy atom. The predicted octanol–water partition coefficient (Wildman–Crippen LogP) is 5.05. The lowest BCUT2D eigenvalue weighted by molar-refractivity contribution is -0.136. The summed E-state index contributed by atoms with van der Waals surface area (Å²) in [7, 11) is -3.36. The van der Waals surface area contributed by atoms with Gasteiger partial charge < -0.3 is 0 Å². The van der Waals surface area contributed by atoms with Crippen LogP contribution in [-0.2, 0) is 22.4 Å². The number of halogens is 3. The predicted molar refractivity (Wildman–Crippen MR) is 111 cm³/mol. The van der Waals surface area contributed by atoms with Crippen LogP contribution in [0.3, 0.4) is 0 Å². The van der Waals surface area contributed by atoms with Crippen LogP contribution in [0.2, 0.25) is 0 Å². The third kappa shape index (κ3) is 3.93. The SMILES string of the molecule is CCc1nc2c(C(F)(F)F)cccn2c1-c1ccc(-c2cccc(S(C)(=O)=O)c2)nc1. The third-order valence-electron chi connectivity index (χ3n) is 4.96. The maximum atomic E-state index is 13.4. The van der Waals surface area contributed by atoms with Gasteiger partial charge in [-0.3, -0.25) is 9.38 Å². The molecule has 0 aliphatic rings. The lowest BCUT2D eigenvalue weighted by atomic mass is 10.1. The summed E-state index contributed by atoms with van der Waals surface area (Å²) in [6.45, 7) is 1.83. The number of hydrogen-bond acceptors (Lipinski definition) is 4. The summed E-state index contributed by atoms with van der Waals surface area (Å²) in [6, 6.07) is 12.3. The van der Waals surface area contributed by atoms with Crippen molar-refractivity contribution in [3.05, 3.63) is 72.2 Å². The van der Waals surface area contributed by atoms with Gasteiger partial charge in [-0.2, -0.15) is 13.2 Å². The van der Waals surface area contributed by atoms with Gasteiger partial charge in [0.2, 0.25) is 0 Å². The number of nitrogens with zero attached hydrogens (tertiary/aromatic N) is 3. The van der Waals surface area contributed by atoms with Crippen LogP contribution in [0.25, 0.3) is 28.2 Å². The summed E-state index contributed by atoms with van der Waals surface area (Å²) >= 11 is 0. The highest BCUT2D eigenvalue weighted by Crippen LogP contribution is 2.35. The molecule has 31 heavy (non-hydrogen) atoms. The zero-order chi connectivity index (χ0) is 22.4. The first-order valence-electron chi connectivity index (χ1n) is 9.43. The van der Waals surface area contributed by atoms with Crippen molar-refractivity contribution in [3.8, 4) is 22.5 Å². The molecule has 3 heterocycles. The van der Waals surface area contributed by atoms with E-state index in [2.05, 4.69) is 9.97 Å². The highest BCUT2D eigenvalue weighted by atomic mass is 32.2. The van der Waals surface area contributed by atoms with Crippen molar-refractivity contribution in [2.45, 2.75) is 24.4 Å². The van der Waals surface area contributed by atoms with Gasteiger partial charge in [-0.15, -0.1) is 0 Å². The van der Waals surface area contributed by atoms with Crippen molar-refractivity contribution in [2.75, 3.05) is 6.26 Å². The fourth-order valence-corrected chi connectivity index (χ4v) is 4.15. The minimum Gasteiger partial charge on any atom is -0.299 e. The Hall–Kier alpha value is -3.20. The molecule has 5 nitrogen and oxygen atoms in total. The van der Waals surface area contributed by atoms with Crippen molar-refractivity contribution in [2.24, 2.45) is 0 Å². The molecular weight excluding hydrogens is 427 g/mol. The molecule has 0 bridgehead atoms. The van der Waals surface area contributed by atoms with Gasteiger partial charge in [0.05, 0.1) is 27.5 Å². The molecule has 0 N–H and O–H groups in total. The molecule has 0 radical (unpaired) electrons. The number of rotatable bonds is 4. The van der Waals surface area contributed by atoms with E-state index < -0.39 is 21.6 Å². The molecule has 4 aromatic rings. The van der Waals surface area contributed by atoms with E-state index in [1.165, 1.54) is 16.5 Å². The second-order valence-corrected chi connectivity index (χ2v) is 9.12. The molecule has 3 aromatic heterocycles. The molecule has 0 unspecified atom stereocenters. The van der Waals surface area contributed by atoms with Crippen molar-refractivity contribution in [1.29, 1.82) is 0 Å². The number of alkyl halides is 3. The second kappa shape index (κ2) is 7.49. The number of hydrogen-bond donors (Lipinski definition) is 0. The molecule has 0 amide bonds. The third-order valence-corrected chi connectivity index (χ3v) is 6.07. The van der Waals surface area contributed by atoms with E-state index in [0.29, 0.717) is 34.6 Å². The summed E-state index contributed by atoms with van der Waals surface area (Å²) in [6.07, 6.45) is 0.186. The van der Waals surface area contributed by atoms with Gasteiger partial charge in [0.25, 0.3) is 0 Å². The molecule has 0 spiro atoms. The van der Waals surface area contributed by atoms with Crippen LogP contribution in [0, 0.1) is 0 Å². The monoisotopic (exact) mass is 445 g/mol. The quantitative estimate of drug-likeness (QED) is 0.441. The standard InChI is InChI=1S/C22H18F3N3O2S/c1-3-18-20(28-11-5-8-17(21(28)27-18)22(23,24)25)15-9-10-19(26-13-15)14-6-4-7-16(12-14)31(2,29)30/h4-13H,3H2,1-2H3. The van der Waals surface area contributed by atoms with Gasteiger partial charge >= 0.3 is 6.18 Å². The minimum absolute atomic E-state index is 0.146. The van der Waals surface area contributed by atoms with Gasteiger partial charge in [-0.25, -0.2) is 13.4 Å². The average Bonchev–Trinajstić information content (AvgIpc) is 3.11. The van der Waals surface area contributed by atoms with Gasteiger partial charge in [-0.05, 0) is 42.8 Å². The Labute approximate surface area is 177 Å². The fraction of sp³-hybridized carbons (Fsp3) is 0.182. The van der Waals surface area contributed by atoms with E-state index in [1.807, 2.05) is 6.92 Å². The largest absolute Gasteiger partial charge is 0.419 e. The summed E-state index contributed by atoms with van der Waals surface area (Å²) in [5, 5.41) is 0. The molecule has 0 saturated carbocycles. The number of sulfone groups is 1. The number of aromatic nitrogens is 3. The summed E-state index contributed by atoms with van der Waals surface area (Å²) in [4.78, 5) is 8.85. The molecule has 0 atom stereocenters. The maximum Gasteiger partial charge on any atom is 0.419 e. The fourth-order valence-electron chi connectivity index (χ4n) is 3.48. The van der Waals surface area contributed by atoms with E-state index in [4.69, 9.17) is 0 Å². The van der Waals surface area contributed by atoms with Gasteiger partial charge in [0.15, 0.2) is 9.84 Å². The number of fused-ring (bicyclic) bond motifs is 1. The van der Waals surface area contributed by atoms with Crippen LogP contribution >= 0.6 is 0 Å². The van der Waals surface area contributed by atoms with E-state index >= 15 is 0 Å². The summed E-state index contributed by atoms with van der Waals surface area (Å²) in [5.74, 6) is 0. The zero-order valence-electron chi connectivity index (χ0n) is 16.7. The van der Waals surface area contributed by atoms with Crippen molar-refractivity contribution in [1.82, 2.24) is 14.4 Å². The lowest BCUT2D eigenvalue weighted by Gasteiger charge is -2.09. The van der Waals surface area contributed by atoms with Crippen molar-refractivity contribution < 1.29 is 21.6 Å². The highest BCUT2D eigenvalue weighted by molar-refractivity contribution is 7.90. The van der Waals surface area contributed by atoms with E-state index in [9.17, 15) is 21.6 Å². The van der Waals surface area contributed by atoms with Gasteiger partial charge in [-0.1, -0.05) is 19.1 Å². The van der Waals surface area contributed by atoms with E-state index in [1.54, 1.807) is 42.7 Å². The summed E-state index contributed by atoms with van der Waals surface area (Å²) < 4.78 is 65.3. The van der Waals surface area contributed by atoms with Gasteiger partial charge in [0.1, 0.15) is 5.65 Å². The Bertz CT molecular complexity index is 1380. The van der Waals surface area contributed by atoms with Crippen LogP contribution in [0.4, 0.5) is 13.2 Å². The van der Waals surface area contributed by atoms with E-state index in [0.717, 1.165) is 12.3 Å². The minimum atomic E-state index is -4.51. The normalized spacial score (nSPS) is 12.4. The van der Waals surface area contributed by atoms with Crippen LogP contribution in [-0.4, -0.2) is 29.0 Å². The van der Waals surface area contributed by atoms with E-state index in [-0.39, 0.29) is 10.5 Å². The number of pyridine rings is 2. The van der Waals surface area contributed by atoms with Crippen LogP contribution in [0.5, 0.6) is 0 Å². The molecule has 0 aliphatic heterocycles. The number of imidazole rings is 1. The number of benzene rings is 1. The summed E-state index contributed by atoms with van der Waals surface area (Å²) in [5.41, 5.74) is 1.94. The van der Waals surface area contributed by atoms with Crippen LogP contribution in [0.1, 0.15) is 18.2 Å². The van der Waals surface area contributed by atoms with Crippen molar-refractivity contribution >= 4 is 15.5 Å². The first kappa shape index (κ1) is 21.0. The van der Waals surface area contributed by atoms with Crippen LogP contribution in [0.15, 0.2) is 65.8 Å². The average molecular weight is 445 g/mol. The maximum absolute atomic E-state index is 13.4. The molecule has 9 heteroatoms. The molecule has 1 aromatic carbocycles. The number of aryl methyl sites for hydroxylation is 1. The Kier molecular flexibility index (Phi) is 5.09. The molecule has 0 aliphatic carbocycles. The molecular formula is C22H18F3N3O2S. The topological polar surface area (TPSA) is 64.3 Å². The molecule has 0 saturated heterocycles. The van der Waals surface area contributed by atoms with Crippen molar-refractivity contribution in [3.63, 3.8) is 0 Å². The smallest absolute Gasteiger partial charge is 0.299 e. The Morgan fingerprint density at radius 1 is 1.03 bits per heavy atom. The van der Waals surface area contributed by atoms with Gasteiger partial charge in [0, 0.05) is 29.8 Å². The highest BCUT2D eigenvalue weighted by Gasteiger charge is 2.34. The van der Waals surface area contributed by atoms with Crippen LogP contribution < -0.4 is 0 Å². The Balaban J connectivity index is 1.82. The Morgan fingerprint density at radius 2 is 1.81 bits per heavy atom. The first-order valence-corrected chi connectivity index (χ1v) is 11.3. The first-order chi connectivity index (χ1) is 14.6. The lowest BCUT2D eigenvalue weighted by Crippen LogP contribution is -2.07. The zero-order valence-corrected chi connectivity index (χ0v) is 17.5. The molecule has 160 valence electrons.